The standard InChI is InChI=1S/C25H25FN2/c26-21-12-7-13-22(14-21)27-17-23-24(18-27)25(23)28(15-19-8-3-1-4-9-19)16-20-10-5-2-6-11-20/h1-14,23-25H,15-18H2. The quantitative estimate of drug-likeness (QED) is 0.603. The van der Waals surface area contributed by atoms with E-state index in [0.29, 0.717) is 17.9 Å². The summed E-state index contributed by atoms with van der Waals surface area (Å²) in [4.78, 5) is 4.99. The summed E-state index contributed by atoms with van der Waals surface area (Å²) in [6.07, 6.45) is 0. The fraction of sp³-hybridized carbons (Fsp3) is 0.280. The van der Waals surface area contributed by atoms with Crippen molar-refractivity contribution in [2.75, 3.05) is 18.0 Å². The van der Waals surface area contributed by atoms with Crippen molar-refractivity contribution >= 4 is 5.69 Å². The van der Waals surface area contributed by atoms with Crippen LogP contribution in [0.1, 0.15) is 11.1 Å². The maximum absolute atomic E-state index is 13.6. The fourth-order valence-electron chi connectivity index (χ4n) is 4.82. The van der Waals surface area contributed by atoms with Crippen molar-refractivity contribution in [3.8, 4) is 0 Å². The molecular weight excluding hydrogens is 347 g/mol. The first-order valence-electron chi connectivity index (χ1n) is 10.1. The summed E-state index contributed by atoms with van der Waals surface area (Å²) in [6, 6.07) is 29.1. The lowest BCUT2D eigenvalue weighted by Crippen LogP contribution is -2.34. The number of nitrogens with zero attached hydrogens (tertiary/aromatic N) is 2. The van der Waals surface area contributed by atoms with Gasteiger partial charge in [0.2, 0.25) is 0 Å². The molecule has 0 aromatic heterocycles. The summed E-state index contributed by atoms with van der Waals surface area (Å²) in [7, 11) is 0. The van der Waals surface area contributed by atoms with E-state index in [9.17, 15) is 4.39 Å². The van der Waals surface area contributed by atoms with Gasteiger partial charge < -0.3 is 4.90 Å². The van der Waals surface area contributed by atoms with Gasteiger partial charge in [-0.15, -0.1) is 0 Å². The monoisotopic (exact) mass is 372 g/mol. The Bertz CT molecular complexity index is 874. The summed E-state index contributed by atoms with van der Waals surface area (Å²) in [6.45, 7) is 4.01. The van der Waals surface area contributed by atoms with Crippen molar-refractivity contribution in [1.29, 1.82) is 0 Å². The molecule has 1 saturated heterocycles. The predicted molar refractivity (Wildman–Crippen MR) is 112 cm³/mol. The van der Waals surface area contributed by atoms with Gasteiger partial charge in [-0.2, -0.15) is 0 Å². The van der Waals surface area contributed by atoms with E-state index in [2.05, 4.69) is 70.5 Å². The molecule has 0 amide bonds. The van der Waals surface area contributed by atoms with Crippen LogP contribution in [0.15, 0.2) is 84.9 Å². The lowest BCUT2D eigenvalue weighted by molar-refractivity contribution is 0.222. The highest BCUT2D eigenvalue weighted by Gasteiger charge is 2.58. The molecule has 1 heterocycles. The Hall–Kier alpha value is -2.65. The highest BCUT2D eigenvalue weighted by Crippen LogP contribution is 2.50. The fourth-order valence-corrected chi connectivity index (χ4v) is 4.82. The highest BCUT2D eigenvalue weighted by atomic mass is 19.1. The molecule has 1 aliphatic heterocycles. The second-order valence-corrected chi connectivity index (χ2v) is 8.08. The summed E-state index contributed by atoms with van der Waals surface area (Å²) in [5.41, 5.74) is 3.75. The Kier molecular flexibility index (Phi) is 4.61. The van der Waals surface area contributed by atoms with E-state index < -0.39 is 0 Å². The van der Waals surface area contributed by atoms with Crippen molar-refractivity contribution in [3.05, 3.63) is 102 Å². The molecule has 2 atom stereocenters. The maximum atomic E-state index is 13.6. The lowest BCUT2D eigenvalue weighted by atomic mass is 10.1. The molecule has 3 heteroatoms. The molecule has 0 N–H and O–H groups in total. The molecule has 2 unspecified atom stereocenters. The molecule has 0 spiro atoms. The zero-order valence-electron chi connectivity index (χ0n) is 15.9. The van der Waals surface area contributed by atoms with Crippen LogP contribution in [0.2, 0.25) is 0 Å². The zero-order valence-corrected chi connectivity index (χ0v) is 15.9. The Morgan fingerprint density at radius 1 is 0.750 bits per heavy atom. The third kappa shape index (κ3) is 3.55. The van der Waals surface area contributed by atoms with Gasteiger partial charge in [0.15, 0.2) is 0 Å². The summed E-state index contributed by atoms with van der Waals surface area (Å²) >= 11 is 0. The number of halogens is 1. The Morgan fingerprint density at radius 2 is 1.32 bits per heavy atom. The largest absolute Gasteiger partial charge is 0.371 e. The van der Waals surface area contributed by atoms with Crippen LogP contribution in [0.5, 0.6) is 0 Å². The van der Waals surface area contributed by atoms with Crippen LogP contribution in [0.25, 0.3) is 0 Å². The van der Waals surface area contributed by atoms with E-state index in [1.807, 2.05) is 12.1 Å². The van der Waals surface area contributed by atoms with Crippen molar-refractivity contribution in [3.63, 3.8) is 0 Å². The molecule has 142 valence electrons. The van der Waals surface area contributed by atoms with E-state index in [0.717, 1.165) is 31.9 Å². The van der Waals surface area contributed by atoms with Crippen molar-refractivity contribution in [1.82, 2.24) is 4.90 Å². The molecule has 3 aromatic rings. The Labute approximate surface area is 166 Å². The summed E-state index contributed by atoms with van der Waals surface area (Å²) in [5.74, 6) is 1.20. The molecule has 5 rings (SSSR count). The van der Waals surface area contributed by atoms with Crippen molar-refractivity contribution < 1.29 is 4.39 Å². The van der Waals surface area contributed by atoms with E-state index in [1.54, 1.807) is 6.07 Å². The number of fused-ring (bicyclic) bond motifs is 1. The first kappa shape index (κ1) is 17.4. The van der Waals surface area contributed by atoms with Gasteiger partial charge in [0.05, 0.1) is 0 Å². The summed E-state index contributed by atoms with van der Waals surface area (Å²) < 4.78 is 13.6. The number of piperidine rings is 1. The molecule has 2 fully saturated rings. The third-order valence-electron chi connectivity index (χ3n) is 6.20. The SMILES string of the molecule is Fc1cccc(N2CC3C(C2)C3N(Cc2ccccc2)Cc2ccccc2)c1. The third-order valence-corrected chi connectivity index (χ3v) is 6.20. The molecule has 1 aliphatic carbocycles. The minimum Gasteiger partial charge on any atom is -0.371 e. The van der Waals surface area contributed by atoms with Gasteiger partial charge in [-0.25, -0.2) is 4.39 Å². The first-order chi connectivity index (χ1) is 13.8. The average Bonchev–Trinajstić information content (AvgIpc) is 3.22. The van der Waals surface area contributed by atoms with Gasteiger partial charge in [0.25, 0.3) is 0 Å². The van der Waals surface area contributed by atoms with Crippen LogP contribution in [-0.4, -0.2) is 24.0 Å². The number of hydrogen-bond acceptors (Lipinski definition) is 2. The first-order valence-corrected chi connectivity index (χ1v) is 10.1. The second kappa shape index (κ2) is 7.40. The Morgan fingerprint density at radius 3 is 1.86 bits per heavy atom. The van der Waals surface area contributed by atoms with Crippen LogP contribution < -0.4 is 4.90 Å². The molecule has 1 saturated carbocycles. The molecule has 2 aliphatic rings. The van der Waals surface area contributed by atoms with Crippen molar-refractivity contribution in [2.45, 2.75) is 19.1 Å². The molecule has 0 bridgehead atoms. The molecule has 3 aromatic carbocycles. The van der Waals surface area contributed by atoms with Crippen LogP contribution in [0.3, 0.4) is 0 Å². The number of rotatable bonds is 6. The number of hydrogen-bond donors (Lipinski definition) is 0. The van der Waals surface area contributed by atoms with E-state index >= 15 is 0 Å². The van der Waals surface area contributed by atoms with E-state index in [1.165, 1.54) is 17.2 Å². The van der Waals surface area contributed by atoms with E-state index in [-0.39, 0.29) is 5.82 Å². The summed E-state index contributed by atoms with van der Waals surface area (Å²) in [5, 5.41) is 0. The van der Waals surface area contributed by atoms with Crippen LogP contribution in [0.4, 0.5) is 10.1 Å². The minimum absolute atomic E-state index is 0.149. The van der Waals surface area contributed by atoms with Crippen LogP contribution in [0, 0.1) is 17.7 Å². The number of benzene rings is 3. The van der Waals surface area contributed by atoms with Crippen LogP contribution in [-0.2, 0) is 13.1 Å². The van der Waals surface area contributed by atoms with Gasteiger partial charge >= 0.3 is 0 Å². The van der Waals surface area contributed by atoms with Crippen molar-refractivity contribution in [2.24, 2.45) is 11.8 Å². The zero-order chi connectivity index (χ0) is 18.9. The molecule has 2 nitrogen and oxygen atoms in total. The van der Waals surface area contributed by atoms with Gasteiger partial charge in [0, 0.05) is 37.9 Å². The molecule has 28 heavy (non-hydrogen) atoms. The van der Waals surface area contributed by atoms with Gasteiger partial charge in [-0.05, 0) is 41.2 Å². The van der Waals surface area contributed by atoms with Gasteiger partial charge in [0.1, 0.15) is 5.82 Å². The normalized spacial score (nSPS) is 23.1. The predicted octanol–water partition coefficient (Wildman–Crippen LogP) is 4.96. The van der Waals surface area contributed by atoms with Crippen LogP contribution >= 0.6 is 0 Å². The maximum Gasteiger partial charge on any atom is 0.125 e. The molecular formula is C25H25FN2. The Balaban J connectivity index is 1.31. The minimum atomic E-state index is -0.149. The number of anilines is 1. The second-order valence-electron chi connectivity index (χ2n) is 8.08. The molecule has 0 radical (unpaired) electrons. The van der Waals surface area contributed by atoms with Gasteiger partial charge in [-0.1, -0.05) is 66.7 Å². The van der Waals surface area contributed by atoms with E-state index in [4.69, 9.17) is 0 Å². The van der Waals surface area contributed by atoms with Gasteiger partial charge in [-0.3, -0.25) is 4.90 Å². The lowest BCUT2D eigenvalue weighted by Gasteiger charge is -2.28. The smallest absolute Gasteiger partial charge is 0.125 e. The topological polar surface area (TPSA) is 6.48 Å². The highest BCUT2D eigenvalue weighted by molar-refractivity contribution is 5.49. The average molecular weight is 372 g/mol.